The molecule has 0 fully saturated rings. The minimum atomic E-state index is 0.162. The molecular formula is C15H19BrClN3O. The third-order valence-corrected chi connectivity index (χ3v) is 4.15. The molecule has 1 N–H and O–H groups in total. The van der Waals surface area contributed by atoms with E-state index in [0.717, 1.165) is 32.4 Å². The van der Waals surface area contributed by atoms with Crippen molar-refractivity contribution in [2.45, 2.75) is 26.8 Å². The number of hydrogen-bond acceptors (Lipinski definition) is 3. The Morgan fingerprint density at radius 1 is 1.43 bits per heavy atom. The molecule has 1 aromatic heterocycles. The molecule has 0 saturated carbocycles. The second-order valence-electron chi connectivity index (χ2n) is 5.13. The summed E-state index contributed by atoms with van der Waals surface area (Å²) in [6.45, 7) is 6.61. The molecule has 0 aliphatic rings. The maximum absolute atomic E-state index is 6.26. The number of methoxy groups -OCH3 is 1. The van der Waals surface area contributed by atoms with Crippen molar-refractivity contribution in [1.29, 1.82) is 0 Å². The summed E-state index contributed by atoms with van der Waals surface area (Å²) in [5, 5.41) is 4.09. The quantitative estimate of drug-likeness (QED) is 0.848. The van der Waals surface area contributed by atoms with Gasteiger partial charge in [0.15, 0.2) is 0 Å². The molecule has 0 amide bonds. The maximum Gasteiger partial charge on any atom is 0.208 e. The van der Waals surface area contributed by atoms with Crippen molar-refractivity contribution in [2.75, 3.05) is 19.0 Å². The van der Waals surface area contributed by atoms with E-state index in [4.69, 9.17) is 16.3 Å². The molecule has 2 aromatic rings. The third-order valence-electron chi connectivity index (χ3n) is 3.11. The van der Waals surface area contributed by atoms with Crippen LogP contribution in [0.25, 0.3) is 5.69 Å². The predicted octanol–water partition coefficient (Wildman–Crippen LogP) is 4.35. The van der Waals surface area contributed by atoms with Crippen molar-refractivity contribution in [2.24, 2.45) is 0 Å². The van der Waals surface area contributed by atoms with Crippen LogP contribution >= 0.6 is 27.5 Å². The van der Waals surface area contributed by atoms with E-state index in [-0.39, 0.29) is 6.04 Å². The highest BCUT2D eigenvalue weighted by Crippen LogP contribution is 2.30. The molecule has 0 aliphatic carbocycles. The topological polar surface area (TPSA) is 39.1 Å². The highest BCUT2D eigenvalue weighted by molar-refractivity contribution is 9.10. The number of halogens is 2. The number of anilines is 1. The van der Waals surface area contributed by atoms with Crippen LogP contribution in [0.2, 0.25) is 5.02 Å². The summed E-state index contributed by atoms with van der Waals surface area (Å²) >= 11 is 9.85. The maximum atomic E-state index is 6.26. The number of benzene rings is 1. The van der Waals surface area contributed by atoms with Gasteiger partial charge in [-0.05, 0) is 54.4 Å². The lowest BCUT2D eigenvalue weighted by Crippen LogP contribution is -2.23. The molecular weight excluding hydrogens is 354 g/mol. The Kier molecular flexibility index (Phi) is 5.30. The second kappa shape index (κ2) is 6.81. The van der Waals surface area contributed by atoms with Gasteiger partial charge in [0.2, 0.25) is 5.95 Å². The van der Waals surface area contributed by atoms with Gasteiger partial charge in [-0.2, -0.15) is 0 Å². The lowest BCUT2D eigenvalue weighted by atomic mass is 10.2. The van der Waals surface area contributed by atoms with Gasteiger partial charge < -0.3 is 10.1 Å². The van der Waals surface area contributed by atoms with Crippen molar-refractivity contribution in [3.8, 4) is 5.69 Å². The summed E-state index contributed by atoms with van der Waals surface area (Å²) in [7, 11) is 1.69. The Labute approximate surface area is 138 Å². The van der Waals surface area contributed by atoms with Crippen molar-refractivity contribution in [3.05, 3.63) is 39.1 Å². The Bertz CT molecular complexity index is 642. The van der Waals surface area contributed by atoms with E-state index in [2.05, 4.69) is 33.2 Å². The van der Waals surface area contributed by atoms with Crippen LogP contribution in [0.4, 0.5) is 5.95 Å². The summed E-state index contributed by atoms with van der Waals surface area (Å²) in [4.78, 5) is 4.53. The van der Waals surface area contributed by atoms with Crippen molar-refractivity contribution < 1.29 is 4.74 Å². The second-order valence-corrected chi connectivity index (χ2v) is 6.39. The van der Waals surface area contributed by atoms with Gasteiger partial charge >= 0.3 is 0 Å². The van der Waals surface area contributed by atoms with Gasteiger partial charge in [-0.15, -0.1) is 0 Å². The first kappa shape index (κ1) is 16.3. The van der Waals surface area contributed by atoms with Gasteiger partial charge in [-0.25, -0.2) is 4.98 Å². The highest BCUT2D eigenvalue weighted by atomic mass is 79.9. The number of nitrogens with one attached hydrogen (secondary N) is 1. The van der Waals surface area contributed by atoms with Crippen LogP contribution in [-0.2, 0) is 4.74 Å². The Morgan fingerprint density at radius 2 is 2.14 bits per heavy atom. The lowest BCUT2D eigenvalue weighted by molar-refractivity contribution is 0.190. The standard InChI is InChI=1S/C15H19BrClN3O/c1-9-5-12(16)14(6-13(9)17)20-7-10(2)18-15(20)19-11(3)8-21-4/h5-7,11H,8H2,1-4H3,(H,18,19). The fourth-order valence-corrected chi connectivity index (χ4v) is 2.92. The molecule has 1 heterocycles. The van der Waals surface area contributed by atoms with E-state index >= 15 is 0 Å². The number of rotatable bonds is 5. The Hall–Kier alpha value is -1.04. The summed E-state index contributed by atoms with van der Waals surface area (Å²) in [5.41, 5.74) is 2.93. The first-order valence-corrected chi connectivity index (χ1v) is 7.87. The van der Waals surface area contributed by atoms with Crippen LogP contribution in [0.5, 0.6) is 0 Å². The highest BCUT2D eigenvalue weighted by Gasteiger charge is 2.14. The van der Waals surface area contributed by atoms with Gasteiger partial charge in [0.25, 0.3) is 0 Å². The van der Waals surface area contributed by atoms with Gasteiger partial charge in [-0.3, -0.25) is 4.57 Å². The van der Waals surface area contributed by atoms with Crippen LogP contribution < -0.4 is 5.32 Å². The molecule has 1 atom stereocenters. The minimum absolute atomic E-state index is 0.162. The molecule has 21 heavy (non-hydrogen) atoms. The molecule has 2 rings (SSSR count). The van der Waals surface area contributed by atoms with Crippen LogP contribution in [0.1, 0.15) is 18.2 Å². The number of nitrogens with zero attached hydrogens (tertiary/aromatic N) is 2. The largest absolute Gasteiger partial charge is 0.383 e. The van der Waals surface area contributed by atoms with Crippen molar-refractivity contribution >= 4 is 33.5 Å². The molecule has 0 spiro atoms. The van der Waals surface area contributed by atoms with E-state index in [0.29, 0.717) is 6.61 Å². The zero-order valence-corrected chi connectivity index (χ0v) is 14.9. The number of aromatic nitrogens is 2. The summed E-state index contributed by atoms with van der Waals surface area (Å²) < 4.78 is 8.13. The molecule has 0 saturated heterocycles. The molecule has 6 heteroatoms. The van der Waals surface area contributed by atoms with E-state index in [1.165, 1.54) is 0 Å². The predicted molar refractivity (Wildman–Crippen MR) is 90.7 cm³/mol. The molecule has 114 valence electrons. The van der Waals surface area contributed by atoms with Crippen LogP contribution in [0.15, 0.2) is 22.8 Å². The Balaban J connectivity index is 2.42. The summed E-state index contributed by atoms with van der Waals surface area (Å²) in [6.07, 6.45) is 1.98. The van der Waals surface area contributed by atoms with E-state index in [1.54, 1.807) is 7.11 Å². The van der Waals surface area contributed by atoms with E-state index in [1.807, 2.05) is 36.7 Å². The molecule has 0 bridgehead atoms. The minimum Gasteiger partial charge on any atom is -0.383 e. The van der Waals surface area contributed by atoms with Gasteiger partial charge in [0.05, 0.1) is 18.0 Å². The van der Waals surface area contributed by atoms with Gasteiger partial charge in [0, 0.05) is 28.8 Å². The number of ether oxygens (including phenoxy) is 1. The average molecular weight is 373 g/mol. The molecule has 1 aromatic carbocycles. The molecule has 0 radical (unpaired) electrons. The summed E-state index contributed by atoms with van der Waals surface area (Å²) in [6, 6.07) is 4.11. The van der Waals surface area contributed by atoms with Crippen LogP contribution in [-0.4, -0.2) is 29.3 Å². The van der Waals surface area contributed by atoms with Crippen molar-refractivity contribution in [3.63, 3.8) is 0 Å². The first-order valence-electron chi connectivity index (χ1n) is 6.70. The third kappa shape index (κ3) is 3.78. The zero-order chi connectivity index (χ0) is 15.6. The number of aryl methyl sites for hydroxylation is 2. The molecule has 4 nitrogen and oxygen atoms in total. The van der Waals surface area contributed by atoms with Crippen LogP contribution in [0, 0.1) is 13.8 Å². The van der Waals surface area contributed by atoms with E-state index in [9.17, 15) is 0 Å². The summed E-state index contributed by atoms with van der Waals surface area (Å²) in [5.74, 6) is 0.776. The number of hydrogen-bond donors (Lipinski definition) is 1. The van der Waals surface area contributed by atoms with Crippen molar-refractivity contribution in [1.82, 2.24) is 9.55 Å². The number of imidazole rings is 1. The SMILES string of the molecule is COCC(C)Nc1nc(C)cn1-c1cc(Cl)c(C)cc1Br. The lowest BCUT2D eigenvalue weighted by Gasteiger charge is -2.16. The van der Waals surface area contributed by atoms with Gasteiger partial charge in [-0.1, -0.05) is 11.6 Å². The smallest absolute Gasteiger partial charge is 0.208 e. The molecule has 1 unspecified atom stereocenters. The van der Waals surface area contributed by atoms with E-state index < -0.39 is 0 Å². The monoisotopic (exact) mass is 371 g/mol. The normalized spacial score (nSPS) is 12.5. The first-order chi connectivity index (χ1) is 9.92. The Morgan fingerprint density at radius 3 is 2.81 bits per heavy atom. The molecule has 0 aliphatic heterocycles. The zero-order valence-electron chi connectivity index (χ0n) is 12.6. The fraction of sp³-hybridized carbons (Fsp3) is 0.400. The fourth-order valence-electron chi connectivity index (χ4n) is 2.12. The van der Waals surface area contributed by atoms with Gasteiger partial charge in [0.1, 0.15) is 0 Å². The van der Waals surface area contributed by atoms with Crippen LogP contribution in [0.3, 0.4) is 0 Å². The average Bonchev–Trinajstić information content (AvgIpc) is 2.74.